The molecule has 8 heteroatoms. The number of rotatable bonds is 8. The van der Waals surface area contributed by atoms with Gasteiger partial charge in [-0.05, 0) is 44.4 Å². The minimum absolute atomic E-state index is 0.0495. The van der Waals surface area contributed by atoms with Crippen molar-refractivity contribution in [2.75, 3.05) is 25.0 Å². The molecule has 1 aliphatic rings. The highest BCUT2D eigenvalue weighted by molar-refractivity contribution is 7.89. The summed E-state index contributed by atoms with van der Waals surface area (Å²) in [7, 11) is -3.71. The van der Waals surface area contributed by atoms with Crippen molar-refractivity contribution in [3.63, 3.8) is 0 Å². The highest BCUT2D eigenvalue weighted by Gasteiger charge is 2.28. The van der Waals surface area contributed by atoms with Crippen LogP contribution in [-0.4, -0.2) is 44.4 Å². The lowest BCUT2D eigenvalue weighted by molar-refractivity contribution is -0.120. The Morgan fingerprint density at radius 3 is 2.56 bits per heavy atom. The second kappa shape index (κ2) is 9.52. The van der Waals surface area contributed by atoms with Crippen LogP contribution >= 0.6 is 0 Å². The average Bonchev–Trinajstić information content (AvgIpc) is 2.63. The van der Waals surface area contributed by atoms with Crippen molar-refractivity contribution in [3.8, 4) is 5.75 Å². The number of benzene rings is 1. The molecular weight excluding hydrogens is 366 g/mol. The van der Waals surface area contributed by atoms with E-state index in [1.165, 1.54) is 10.4 Å². The van der Waals surface area contributed by atoms with Gasteiger partial charge < -0.3 is 15.8 Å². The first kappa shape index (κ1) is 21.7. The first-order valence-corrected chi connectivity index (χ1v) is 11.1. The van der Waals surface area contributed by atoms with Crippen molar-refractivity contribution in [1.29, 1.82) is 0 Å². The average molecular weight is 398 g/mol. The van der Waals surface area contributed by atoms with E-state index in [0.29, 0.717) is 37.6 Å². The molecule has 0 aliphatic heterocycles. The Hall–Kier alpha value is -1.64. The van der Waals surface area contributed by atoms with E-state index in [-0.39, 0.29) is 22.8 Å². The van der Waals surface area contributed by atoms with Crippen LogP contribution in [-0.2, 0) is 14.8 Å². The van der Waals surface area contributed by atoms with Crippen molar-refractivity contribution in [2.45, 2.75) is 57.4 Å². The molecule has 1 saturated carbocycles. The molecular formula is C19H31N3O4S. The molecule has 27 heavy (non-hydrogen) atoms. The van der Waals surface area contributed by atoms with Gasteiger partial charge in [-0.2, -0.15) is 4.31 Å². The van der Waals surface area contributed by atoms with Gasteiger partial charge in [0.25, 0.3) is 0 Å². The quantitative estimate of drug-likeness (QED) is 0.702. The Balaban J connectivity index is 2.30. The molecule has 1 aliphatic carbocycles. The summed E-state index contributed by atoms with van der Waals surface area (Å²) in [5, 5.41) is 2.86. The number of sulfonamides is 1. The fraction of sp³-hybridized carbons (Fsp3) is 0.632. The Kier molecular flexibility index (Phi) is 7.64. The summed E-state index contributed by atoms with van der Waals surface area (Å²) in [4.78, 5) is 12.6. The number of carbonyl (C=O) groups excluding carboxylic acids is 1. The van der Waals surface area contributed by atoms with E-state index < -0.39 is 10.0 Å². The third kappa shape index (κ3) is 5.21. The van der Waals surface area contributed by atoms with Gasteiger partial charge in [0, 0.05) is 30.7 Å². The van der Waals surface area contributed by atoms with E-state index in [9.17, 15) is 13.2 Å². The monoisotopic (exact) mass is 397 g/mol. The number of amides is 1. The lowest BCUT2D eigenvalue weighted by atomic mass is 9.85. The third-order valence-electron chi connectivity index (χ3n) is 4.92. The molecule has 0 saturated heterocycles. The van der Waals surface area contributed by atoms with Gasteiger partial charge in [-0.15, -0.1) is 0 Å². The van der Waals surface area contributed by atoms with Crippen LogP contribution in [0.3, 0.4) is 0 Å². The maximum atomic E-state index is 13.0. The largest absolute Gasteiger partial charge is 0.492 e. The molecule has 7 nitrogen and oxygen atoms in total. The van der Waals surface area contributed by atoms with E-state index >= 15 is 0 Å². The number of nitrogens with two attached hydrogens (primary N) is 1. The number of hydrogen-bond donors (Lipinski definition) is 2. The zero-order chi connectivity index (χ0) is 20.0. The molecule has 2 rings (SSSR count). The Morgan fingerprint density at radius 1 is 1.26 bits per heavy atom. The van der Waals surface area contributed by atoms with E-state index in [0.717, 1.165) is 19.3 Å². The van der Waals surface area contributed by atoms with Crippen molar-refractivity contribution in [3.05, 3.63) is 18.2 Å². The van der Waals surface area contributed by atoms with Crippen LogP contribution in [0.25, 0.3) is 0 Å². The molecule has 0 heterocycles. The number of ether oxygens (including phenoxy) is 1. The lowest BCUT2D eigenvalue weighted by Crippen LogP contribution is -2.34. The number of anilines is 1. The smallest absolute Gasteiger partial charge is 0.246 e. The number of carbonyl (C=O) groups is 1. The van der Waals surface area contributed by atoms with Gasteiger partial charge in [-0.1, -0.05) is 20.3 Å². The summed E-state index contributed by atoms with van der Waals surface area (Å²) in [5.74, 6) is 0.0470. The maximum Gasteiger partial charge on any atom is 0.246 e. The van der Waals surface area contributed by atoms with Crippen LogP contribution in [0.2, 0.25) is 0 Å². The summed E-state index contributed by atoms with van der Waals surface area (Å²) < 4.78 is 32.9. The van der Waals surface area contributed by atoms with Gasteiger partial charge in [0.05, 0.1) is 6.61 Å². The summed E-state index contributed by atoms with van der Waals surface area (Å²) >= 11 is 0. The Labute approximate surface area is 162 Å². The maximum absolute atomic E-state index is 13.0. The normalized spacial score (nSPS) is 20.5. The highest BCUT2D eigenvalue weighted by atomic mass is 32.2. The highest BCUT2D eigenvalue weighted by Crippen LogP contribution is 2.31. The first-order chi connectivity index (χ1) is 12.8. The van der Waals surface area contributed by atoms with E-state index in [1.54, 1.807) is 32.9 Å². The van der Waals surface area contributed by atoms with Crippen molar-refractivity contribution in [2.24, 2.45) is 11.7 Å². The van der Waals surface area contributed by atoms with Crippen molar-refractivity contribution < 1.29 is 17.9 Å². The zero-order valence-corrected chi connectivity index (χ0v) is 17.2. The standard InChI is InChI=1S/C19H31N3O4S/c1-4-22(5-2)27(24,25)18-13-16(10-11-17(18)26-6-3)21-19(23)14-8-7-9-15(20)12-14/h10-11,13-15H,4-9,12,20H2,1-3H3,(H,21,23). The van der Waals surface area contributed by atoms with Gasteiger partial charge in [-0.3, -0.25) is 4.79 Å². The minimum atomic E-state index is -3.71. The van der Waals surface area contributed by atoms with E-state index in [2.05, 4.69) is 5.32 Å². The molecule has 1 amide bonds. The molecule has 3 N–H and O–H groups in total. The van der Waals surface area contributed by atoms with Gasteiger partial charge in [-0.25, -0.2) is 8.42 Å². The zero-order valence-electron chi connectivity index (χ0n) is 16.4. The summed E-state index contributed by atoms with van der Waals surface area (Å²) in [6, 6.07) is 4.81. The molecule has 1 aromatic carbocycles. The van der Waals surface area contributed by atoms with Crippen molar-refractivity contribution in [1.82, 2.24) is 4.31 Å². The SMILES string of the molecule is CCOc1ccc(NC(=O)C2CCCC(N)C2)cc1S(=O)(=O)N(CC)CC. The van der Waals surface area contributed by atoms with Gasteiger partial charge >= 0.3 is 0 Å². The Bertz CT molecular complexity index is 747. The molecule has 0 bridgehead atoms. The molecule has 2 unspecified atom stereocenters. The molecule has 0 radical (unpaired) electrons. The molecule has 1 fully saturated rings. The third-order valence-corrected chi connectivity index (χ3v) is 6.99. The molecule has 152 valence electrons. The molecule has 1 aromatic rings. The number of hydrogen-bond acceptors (Lipinski definition) is 5. The van der Waals surface area contributed by atoms with Crippen LogP contribution in [0.5, 0.6) is 5.75 Å². The van der Waals surface area contributed by atoms with E-state index in [4.69, 9.17) is 10.5 Å². The topological polar surface area (TPSA) is 102 Å². The molecule has 0 spiro atoms. The van der Waals surface area contributed by atoms with Gasteiger partial charge in [0.2, 0.25) is 15.9 Å². The van der Waals surface area contributed by atoms with Crippen molar-refractivity contribution >= 4 is 21.6 Å². The van der Waals surface area contributed by atoms with Gasteiger partial charge in [0.15, 0.2) is 0 Å². The first-order valence-electron chi connectivity index (χ1n) is 9.66. The summed E-state index contributed by atoms with van der Waals surface area (Å²) in [6.45, 7) is 6.46. The van der Waals surface area contributed by atoms with Crippen LogP contribution in [0, 0.1) is 5.92 Å². The van der Waals surface area contributed by atoms with E-state index in [1.807, 2.05) is 0 Å². The summed E-state index contributed by atoms with van der Waals surface area (Å²) in [6.07, 6.45) is 3.35. The lowest BCUT2D eigenvalue weighted by Gasteiger charge is -2.26. The van der Waals surface area contributed by atoms with Gasteiger partial charge in [0.1, 0.15) is 10.6 Å². The fourth-order valence-electron chi connectivity index (χ4n) is 3.47. The second-order valence-electron chi connectivity index (χ2n) is 6.80. The predicted octanol–water partition coefficient (Wildman–Crippen LogP) is 2.57. The molecule has 0 aromatic heterocycles. The Morgan fingerprint density at radius 2 is 1.96 bits per heavy atom. The number of nitrogens with one attached hydrogen (secondary N) is 1. The summed E-state index contributed by atoms with van der Waals surface area (Å²) in [5.41, 5.74) is 6.43. The second-order valence-corrected chi connectivity index (χ2v) is 8.70. The predicted molar refractivity (Wildman–Crippen MR) is 106 cm³/mol. The number of nitrogens with zero attached hydrogens (tertiary/aromatic N) is 1. The van der Waals surface area contributed by atoms with Crippen LogP contribution in [0.1, 0.15) is 46.5 Å². The molecule has 2 atom stereocenters. The van der Waals surface area contributed by atoms with Crippen LogP contribution < -0.4 is 15.8 Å². The fourth-order valence-corrected chi connectivity index (χ4v) is 5.09. The van der Waals surface area contributed by atoms with Crippen LogP contribution in [0.4, 0.5) is 5.69 Å². The van der Waals surface area contributed by atoms with Crippen LogP contribution in [0.15, 0.2) is 23.1 Å². The minimum Gasteiger partial charge on any atom is -0.492 e.